The Hall–Kier alpha value is -1.54. The number of ether oxygens (including phenoxy) is 2. The number of carbonyl (C=O) groups is 1. The van der Waals surface area contributed by atoms with Gasteiger partial charge in [-0.1, -0.05) is 35.2 Å². The summed E-state index contributed by atoms with van der Waals surface area (Å²) in [5.74, 6) is 1.10. The lowest BCUT2D eigenvalue weighted by Gasteiger charge is -2.22. The van der Waals surface area contributed by atoms with Crippen molar-refractivity contribution >= 4 is 84.2 Å². The summed E-state index contributed by atoms with van der Waals surface area (Å²) in [6.45, 7) is -0.158. The van der Waals surface area contributed by atoms with Crippen LogP contribution in [0, 0.1) is 7.14 Å². The molecule has 0 saturated heterocycles. The smallest absolute Gasteiger partial charge is 0.343 e. The van der Waals surface area contributed by atoms with Crippen LogP contribution in [0.1, 0.15) is 49.4 Å². The molecule has 10 heteroatoms. The zero-order chi connectivity index (χ0) is 24.2. The van der Waals surface area contributed by atoms with Gasteiger partial charge in [0.2, 0.25) is 0 Å². The fraction of sp³-hybridized carbons (Fsp3) is 0.333. The lowest BCUT2D eigenvalue weighted by Crippen LogP contribution is -2.25. The highest BCUT2D eigenvalue weighted by Gasteiger charge is 2.22. The second-order valence-corrected chi connectivity index (χ2v) is 11.2. The molecular weight excluding hydrogens is 728 g/mol. The Balaban J connectivity index is 1.73. The van der Waals surface area contributed by atoms with Crippen LogP contribution in [0.2, 0.25) is 0 Å². The third kappa shape index (κ3) is 5.81. The van der Waals surface area contributed by atoms with Gasteiger partial charge in [0.15, 0.2) is 6.61 Å². The summed E-state index contributed by atoms with van der Waals surface area (Å²) in [4.78, 5) is 29.8. The molecule has 0 bridgehead atoms. The molecular formula is C24H22BrI2N3O4. The van der Waals surface area contributed by atoms with E-state index in [4.69, 9.17) is 9.72 Å². The highest BCUT2D eigenvalue weighted by atomic mass is 127. The average molecular weight is 750 g/mol. The van der Waals surface area contributed by atoms with Gasteiger partial charge in [-0.2, -0.15) is 9.78 Å². The second-order valence-electron chi connectivity index (χ2n) is 8.01. The van der Waals surface area contributed by atoms with Crippen LogP contribution < -0.4 is 10.3 Å². The Labute approximate surface area is 232 Å². The van der Waals surface area contributed by atoms with E-state index in [1.165, 1.54) is 18.2 Å². The molecule has 0 aliphatic heterocycles. The van der Waals surface area contributed by atoms with Crippen LogP contribution in [0.25, 0.3) is 10.9 Å². The van der Waals surface area contributed by atoms with E-state index in [-0.39, 0.29) is 18.1 Å². The Morgan fingerprint density at radius 3 is 2.59 bits per heavy atom. The maximum Gasteiger partial charge on any atom is 0.343 e. The molecule has 178 valence electrons. The predicted molar refractivity (Wildman–Crippen MR) is 152 cm³/mol. The van der Waals surface area contributed by atoms with E-state index in [1.807, 2.05) is 24.3 Å². The van der Waals surface area contributed by atoms with E-state index in [1.54, 1.807) is 12.3 Å². The normalized spacial score (nSPS) is 14.6. The van der Waals surface area contributed by atoms with Crippen LogP contribution >= 0.6 is 61.1 Å². The van der Waals surface area contributed by atoms with Gasteiger partial charge >= 0.3 is 5.97 Å². The maximum atomic E-state index is 13.5. The second kappa shape index (κ2) is 11.5. The first kappa shape index (κ1) is 25.5. The lowest BCUT2D eigenvalue weighted by molar-refractivity contribution is -0.142. The van der Waals surface area contributed by atoms with Crippen molar-refractivity contribution in [3.63, 3.8) is 0 Å². The van der Waals surface area contributed by atoms with Gasteiger partial charge < -0.3 is 9.47 Å². The molecule has 0 unspecified atom stereocenters. The Kier molecular flexibility index (Phi) is 8.61. The molecule has 1 aliphatic rings. The predicted octanol–water partition coefficient (Wildman–Crippen LogP) is 5.85. The molecule has 0 amide bonds. The van der Waals surface area contributed by atoms with Gasteiger partial charge in [-0.25, -0.2) is 9.78 Å². The first-order valence-corrected chi connectivity index (χ1v) is 13.8. The number of benzene rings is 2. The first-order valence-electron chi connectivity index (χ1n) is 10.8. The molecule has 7 nitrogen and oxygen atoms in total. The number of fused-ring (bicyclic) bond motifs is 1. The number of esters is 1. The quantitative estimate of drug-likeness (QED) is 0.180. The summed E-state index contributed by atoms with van der Waals surface area (Å²) in [6, 6.07) is 9.37. The van der Waals surface area contributed by atoms with Crippen molar-refractivity contribution in [2.24, 2.45) is 5.10 Å². The molecule has 1 fully saturated rings. The fourth-order valence-electron chi connectivity index (χ4n) is 4.01. The Bertz CT molecular complexity index is 1300. The van der Waals surface area contributed by atoms with Crippen molar-refractivity contribution in [1.82, 2.24) is 9.66 Å². The summed E-state index contributed by atoms with van der Waals surface area (Å²) in [7, 11) is 1.32. The number of hydrogen-bond donors (Lipinski definition) is 0. The number of hydrogen-bond acceptors (Lipinski definition) is 6. The first-order chi connectivity index (χ1) is 16.4. The molecule has 1 heterocycles. The molecule has 0 N–H and O–H groups in total. The highest BCUT2D eigenvalue weighted by molar-refractivity contribution is 14.1. The standard InChI is InChI=1S/C24H22BrI2N3O4/c1-33-21(31)13-34-22-18(26)9-14(10-19(22)27)12-28-30-23(15-5-3-2-4-6-15)29-20-8-7-16(25)11-17(20)24(30)32/h7-12,15H,2-6,13H2,1H3. The number of rotatable bonds is 6. The van der Waals surface area contributed by atoms with Crippen LogP contribution in [0.15, 0.2) is 44.7 Å². The topological polar surface area (TPSA) is 82.8 Å². The van der Waals surface area contributed by atoms with Crippen molar-refractivity contribution in [1.29, 1.82) is 0 Å². The van der Waals surface area contributed by atoms with Crippen LogP contribution in [0.3, 0.4) is 0 Å². The van der Waals surface area contributed by atoms with E-state index < -0.39 is 5.97 Å². The van der Waals surface area contributed by atoms with E-state index in [0.29, 0.717) is 16.7 Å². The van der Waals surface area contributed by atoms with Gasteiger partial charge in [0.25, 0.3) is 5.56 Å². The zero-order valence-corrected chi connectivity index (χ0v) is 24.3. The number of halogens is 3. The van der Waals surface area contributed by atoms with E-state index in [0.717, 1.165) is 48.7 Å². The van der Waals surface area contributed by atoms with E-state index in [2.05, 4.69) is 70.9 Å². The van der Waals surface area contributed by atoms with Crippen molar-refractivity contribution < 1.29 is 14.3 Å². The molecule has 0 spiro atoms. The molecule has 1 saturated carbocycles. The van der Waals surface area contributed by atoms with Gasteiger partial charge in [-0.15, -0.1) is 0 Å². The van der Waals surface area contributed by atoms with Gasteiger partial charge in [0, 0.05) is 10.4 Å². The van der Waals surface area contributed by atoms with Gasteiger partial charge in [0.05, 0.1) is 31.4 Å². The summed E-state index contributed by atoms with van der Waals surface area (Å²) in [5.41, 5.74) is 1.33. The number of carbonyl (C=O) groups excluding carboxylic acids is 1. The summed E-state index contributed by atoms with van der Waals surface area (Å²) in [6.07, 6.45) is 7.16. The monoisotopic (exact) mass is 749 g/mol. The molecule has 3 aromatic rings. The molecule has 1 aliphatic carbocycles. The lowest BCUT2D eigenvalue weighted by atomic mass is 9.88. The van der Waals surface area contributed by atoms with E-state index >= 15 is 0 Å². The van der Waals surface area contributed by atoms with E-state index in [9.17, 15) is 9.59 Å². The number of nitrogens with zero attached hydrogens (tertiary/aromatic N) is 3. The summed E-state index contributed by atoms with van der Waals surface area (Å²) in [5, 5.41) is 5.14. The third-order valence-electron chi connectivity index (χ3n) is 5.71. The SMILES string of the molecule is COC(=O)COc1c(I)cc(C=Nn2c(C3CCCCC3)nc3ccc(Br)cc3c2=O)cc1I. The minimum atomic E-state index is -0.442. The van der Waals surface area contributed by atoms with Gasteiger partial charge in [0.1, 0.15) is 11.6 Å². The Morgan fingerprint density at radius 1 is 1.21 bits per heavy atom. The molecule has 2 aromatic carbocycles. The molecule has 1 aromatic heterocycles. The van der Waals surface area contributed by atoms with Crippen molar-refractivity contribution in [2.45, 2.75) is 38.0 Å². The minimum Gasteiger partial charge on any atom is -0.480 e. The van der Waals surface area contributed by atoms with Crippen LogP contribution in [-0.4, -0.2) is 35.6 Å². The third-order valence-corrected chi connectivity index (χ3v) is 7.80. The zero-order valence-electron chi connectivity index (χ0n) is 18.4. The molecule has 0 atom stereocenters. The molecule has 0 radical (unpaired) electrons. The summed E-state index contributed by atoms with van der Waals surface area (Å²) < 4.78 is 14.2. The van der Waals surface area contributed by atoms with Crippen molar-refractivity contribution in [3.05, 3.63) is 63.7 Å². The average Bonchev–Trinajstić information content (AvgIpc) is 2.83. The number of aromatic nitrogens is 2. The Morgan fingerprint density at radius 2 is 1.91 bits per heavy atom. The van der Waals surface area contributed by atoms with Gasteiger partial charge in [-0.05, 0) is 93.9 Å². The van der Waals surface area contributed by atoms with Crippen molar-refractivity contribution in [2.75, 3.05) is 13.7 Å². The van der Waals surface area contributed by atoms with Crippen LogP contribution in [-0.2, 0) is 9.53 Å². The number of methoxy groups -OCH3 is 1. The molecule has 4 rings (SSSR count). The fourth-order valence-corrected chi connectivity index (χ4v) is 6.50. The van der Waals surface area contributed by atoms with Crippen molar-refractivity contribution in [3.8, 4) is 5.75 Å². The van der Waals surface area contributed by atoms with Crippen LogP contribution in [0.5, 0.6) is 5.75 Å². The van der Waals surface area contributed by atoms with Crippen LogP contribution in [0.4, 0.5) is 0 Å². The highest BCUT2D eigenvalue weighted by Crippen LogP contribution is 2.32. The van der Waals surface area contributed by atoms with Gasteiger partial charge in [-0.3, -0.25) is 4.79 Å². The minimum absolute atomic E-state index is 0.158. The largest absolute Gasteiger partial charge is 0.480 e. The summed E-state index contributed by atoms with van der Waals surface area (Å²) >= 11 is 7.77. The maximum absolute atomic E-state index is 13.5. The molecule has 34 heavy (non-hydrogen) atoms.